The largest absolute Gasteiger partial charge is 0.481 e. The van der Waals surface area contributed by atoms with Gasteiger partial charge >= 0.3 is 0 Å². The minimum Gasteiger partial charge on any atom is -0.481 e. The molecule has 0 aliphatic carbocycles. The molecule has 4 nitrogen and oxygen atoms in total. The van der Waals surface area contributed by atoms with Gasteiger partial charge in [0.2, 0.25) is 5.88 Å². The van der Waals surface area contributed by atoms with E-state index in [-0.39, 0.29) is 0 Å². The van der Waals surface area contributed by atoms with E-state index in [0.717, 1.165) is 12.4 Å². The van der Waals surface area contributed by atoms with Crippen LogP contribution < -0.4 is 9.64 Å². The van der Waals surface area contributed by atoms with Crippen molar-refractivity contribution in [2.75, 3.05) is 25.6 Å². The number of hydrogen-bond acceptors (Lipinski definition) is 4. The molecule has 0 saturated carbocycles. The molecule has 74 valence electrons. The molecule has 0 bridgehead atoms. The second-order valence-corrected chi connectivity index (χ2v) is 2.88. The van der Waals surface area contributed by atoms with E-state index in [1.807, 2.05) is 18.9 Å². The van der Waals surface area contributed by atoms with Crippen molar-refractivity contribution >= 4 is 5.82 Å². The molecule has 0 spiro atoms. The van der Waals surface area contributed by atoms with Crippen LogP contribution in [0, 0.1) is 11.3 Å². The van der Waals surface area contributed by atoms with Crippen molar-refractivity contribution in [3.8, 4) is 11.9 Å². The van der Waals surface area contributed by atoms with Crippen LogP contribution in [0.15, 0.2) is 12.1 Å². The van der Waals surface area contributed by atoms with Crippen LogP contribution in [0.25, 0.3) is 0 Å². The standard InChI is InChI=1S/C10H13N3O/c1-4-13(2)9-5-8(7-11)6-10(12-9)14-3/h5-6H,4H2,1-3H3. The van der Waals surface area contributed by atoms with Crippen LogP contribution in [-0.4, -0.2) is 25.7 Å². The fourth-order valence-corrected chi connectivity index (χ4v) is 1.02. The number of ether oxygens (including phenoxy) is 1. The molecule has 0 aliphatic rings. The van der Waals surface area contributed by atoms with Gasteiger partial charge in [-0.05, 0) is 13.0 Å². The van der Waals surface area contributed by atoms with E-state index in [1.54, 1.807) is 19.2 Å². The summed E-state index contributed by atoms with van der Waals surface area (Å²) in [7, 11) is 3.46. The van der Waals surface area contributed by atoms with Crippen molar-refractivity contribution in [2.24, 2.45) is 0 Å². The van der Waals surface area contributed by atoms with Crippen molar-refractivity contribution in [2.45, 2.75) is 6.92 Å². The first-order valence-electron chi connectivity index (χ1n) is 4.38. The average Bonchev–Trinajstić information content (AvgIpc) is 2.27. The van der Waals surface area contributed by atoms with Crippen molar-refractivity contribution in [3.05, 3.63) is 17.7 Å². The van der Waals surface area contributed by atoms with Crippen LogP contribution >= 0.6 is 0 Å². The number of aromatic nitrogens is 1. The predicted molar refractivity (Wildman–Crippen MR) is 54.4 cm³/mol. The summed E-state index contributed by atoms with van der Waals surface area (Å²) in [6.07, 6.45) is 0. The van der Waals surface area contributed by atoms with Crippen LogP contribution in [-0.2, 0) is 0 Å². The number of anilines is 1. The van der Waals surface area contributed by atoms with Crippen molar-refractivity contribution in [3.63, 3.8) is 0 Å². The van der Waals surface area contributed by atoms with Crippen LogP contribution in [0.2, 0.25) is 0 Å². The maximum Gasteiger partial charge on any atom is 0.216 e. The Morgan fingerprint density at radius 1 is 1.57 bits per heavy atom. The Hall–Kier alpha value is -1.76. The van der Waals surface area contributed by atoms with Crippen LogP contribution in [0.1, 0.15) is 12.5 Å². The van der Waals surface area contributed by atoms with E-state index < -0.39 is 0 Å². The second kappa shape index (κ2) is 4.47. The van der Waals surface area contributed by atoms with Gasteiger partial charge in [-0.25, -0.2) is 0 Å². The van der Waals surface area contributed by atoms with Gasteiger partial charge in [0.1, 0.15) is 5.82 Å². The first-order valence-corrected chi connectivity index (χ1v) is 4.38. The molecule has 0 atom stereocenters. The lowest BCUT2D eigenvalue weighted by atomic mass is 10.3. The molecule has 0 fully saturated rings. The van der Waals surface area contributed by atoms with Crippen molar-refractivity contribution < 1.29 is 4.74 Å². The highest BCUT2D eigenvalue weighted by Crippen LogP contribution is 2.17. The third kappa shape index (κ3) is 2.13. The first kappa shape index (κ1) is 10.3. The second-order valence-electron chi connectivity index (χ2n) is 2.88. The summed E-state index contributed by atoms with van der Waals surface area (Å²) in [5.41, 5.74) is 0.562. The molecular formula is C10H13N3O. The number of methoxy groups -OCH3 is 1. The lowest BCUT2D eigenvalue weighted by Gasteiger charge is -2.16. The zero-order valence-electron chi connectivity index (χ0n) is 8.61. The van der Waals surface area contributed by atoms with Gasteiger partial charge in [-0.2, -0.15) is 10.2 Å². The smallest absolute Gasteiger partial charge is 0.216 e. The highest BCUT2D eigenvalue weighted by atomic mass is 16.5. The zero-order chi connectivity index (χ0) is 10.6. The minimum absolute atomic E-state index is 0.472. The van der Waals surface area contributed by atoms with E-state index in [9.17, 15) is 0 Å². The zero-order valence-corrected chi connectivity index (χ0v) is 8.61. The molecule has 1 aromatic rings. The van der Waals surface area contributed by atoms with Gasteiger partial charge in [0.05, 0.1) is 18.7 Å². The van der Waals surface area contributed by atoms with Gasteiger partial charge in [0.15, 0.2) is 0 Å². The Balaban J connectivity index is 3.12. The Morgan fingerprint density at radius 2 is 2.29 bits per heavy atom. The Labute approximate surface area is 83.7 Å². The number of nitrogens with zero attached hydrogens (tertiary/aromatic N) is 3. The van der Waals surface area contributed by atoms with Crippen LogP contribution in [0.5, 0.6) is 5.88 Å². The molecule has 4 heteroatoms. The van der Waals surface area contributed by atoms with Crippen LogP contribution in [0.3, 0.4) is 0 Å². The van der Waals surface area contributed by atoms with Gasteiger partial charge < -0.3 is 9.64 Å². The molecule has 0 amide bonds. The fraction of sp³-hybridized carbons (Fsp3) is 0.400. The average molecular weight is 191 g/mol. The summed E-state index contributed by atoms with van der Waals surface area (Å²) in [5, 5.41) is 8.78. The van der Waals surface area contributed by atoms with E-state index >= 15 is 0 Å². The number of rotatable bonds is 3. The third-order valence-electron chi connectivity index (χ3n) is 1.99. The number of hydrogen-bond donors (Lipinski definition) is 0. The molecular weight excluding hydrogens is 178 g/mol. The van der Waals surface area contributed by atoms with E-state index in [1.165, 1.54) is 0 Å². The quantitative estimate of drug-likeness (QED) is 0.725. The predicted octanol–water partition coefficient (Wildman–Crippen LogP) is 1.42. The third-order valence-corrected chi connectivity index (χ3v) is 1.99. The summed E-state index contributed by atoms with van der Waals surface area (Å²) in [4.78, 5) is 6.17. The van der Waals surface area contributed by atoms with Crippen molar-refractivity contribution in [1.82, 2.24) is 4.98 Å². The molecule has 0 aromatic carbocycles. The number of pyridine rings is 1. The van der Waals surface area contributed by atoms with E-state index in [2.05, 4.69) is 11.1 Å². The summed E-state index contributed by atoms with van der Waals surface area (Å²) < 4.78 is 5.00. The normalized spacial score (nSPS) is 9.29. The van der Waals surface area contributed by atoms with Gasteiger partial charge in [-0.15, -0.1) is 0 Å². The lowest BCUT2D eigenvalue weighted by Crippen LogP contribution is -2.17. The van der Waals surface area contributed by atoms with Gasteiger partial charge in [0, 0.05) is 19.7 Å². The molecule has 0 unspecified atom stereocenters. The van der Waals surface area contributed by atoms with Crippen molar-refractivity contribution in [1.29, 1.82) is 5.26 Å². The van der Waals surface area contributed by atoms with Gasteiger partial charge in [0.25, 0.3) is 0 Å². The number of nitriles is 1. The minimum atomic E-state index is 0.472. The first-order chi connectivity index (χ1) is 6.71. The Bertz CT molecular complexity index is 357. The van der Waals surface area contributed by atoms with Crippen LogP contribution in [0.4, 0.5) is 5.82 Å². The van der Waals surface area contributed by atoms with Gasteiger partial charge in [-0.3, -0.25) is 0 Å². The lowest BCUT2D eigenvalue weighted by molar-refractivity contribution is 0.398. The van der Waals surface area contributed by atoms with Gasteiger partial charge in [-0.1, -0.05) is 0 Å². The molecule has 1 heterocycles. The highest BCUT2D eigenvalue weighted by Gasteiger charge is 2.05. The van der Waals surface area contributed by atoms with E-state index in [4.69, 9.17) is 10.00 Å². The molecule has 0 radical (unpaired) electrons. The topological polar surface area (TPSA) is 49.2 Å². The molecule has 0 saturated heterocycles. The Kier molecular flexibility index (Phi) is 3.29. The fourth-order valence-electron chi connectivity index (χ4n) is 1.02. The highest BCUT2D eigenvalue weighted by molar-refractivity contribution is 5.47. The van der Waals surface area contributed by atoms with E-state index in [0.29, 0.717) is 11.4 Å². The molecule has 1 aromatic heterocycles. The molecule has 14 heavy (non-hydrogen) atoms. The molecule has 0 aliphatic heterocycles. The molecule has 1 rings (SSSR count). The SMILES string of the molecule is CCN(C)c1cc(C#N)cc(OC)n1. The Morgan fingerprint density at radius 3 is 2.79 bits per heavy atom. The summed E-state index contributed by atoms with van der Waals surface area (Å²) in [6, 6.07) is 5.43. The monoisotopic (exact) mass is 191 g/mol. The maximum absolute atomic E-state index is 8.78. The molecule has 0 N–H and O–H groups in total. The summed E-state index contributed by atoms with van der Waals surface area (Å²) in [5.74, 6) is 1.22. The summed E-state index contributed by atoms with van der Waals surface area (Å²) in [6.45, 7) is 2.86. The summed E-state index contributed by atoms with van der Waals surface area (Å²) >= 11 is 0. The maximum atomic E-state index is 8.78.